The Balaban J connectivity index is 1.99. The first kappa shape index (κ1) is 11.9. The zero-order chi connectivity index (χ0) is 11.5. The first-order valence-electron chi connectivity index (χ1n) is 6.17. The lowest BCUT2D eigenvalue weighted by atomic mass is 9.87. The van der Waals surface area contributed by atoms with E-state index >= 15 is 0 Å². The van der Waals surface area contributed by atoms with Crippen LogP contribution in [0.3, 0.4) is 0 Å². The molecule has 0 amide bonds. The summed E-state index contributed by atoms with van der Waals surface area (Å²) in [5.74, 6) is 1.48. The van der Waals surface area contributed by atoms with Gasteiger partial charge in [0, 0.05) is 11.1 Å². The minimum absolute atomic E-state index is 0.288. The third-order valence-electron chi connectivity index (χ3n) is 3.84. The Morgan fingerprint density at radius 1 is 1.44 bits per heavy atom. The molecule has 0 bridgehead atoms. The van der Waals surface area contributed by atoms with Gasteiger partial charge < -0.3 is 5.73 Å². The van der Waals surface area contributed by atoms with Crippen LogP contribution in [0.2, 0.25) is 5.02 Å². The van der Waals surface area contributed by atoms with Crippen molar-refractivity contribution in [2.24, 2.45) is 17.6 Å². The zero-order valence-corrected chi connectivity index (χ0v) is 10.6. The van der Waals surface area contributed by atoms with E-state index in [-0.39, 0.29) is 6.04 Å². The topological polar surface area (TPSA) is 26.0 Å². The molecule has 1 aliphatic rings. The number of nitrogens with two attached hydrogens (primary N) is 1. The molecule has 2 N–H and O–H groups in total. The Bertz CT molecular complexity index is 350. The largest absolute Gasteiger partial charge is 0.327 e. The fraction of sp³-hybridized carbons (Fsp3) is 0.571. The maximum atomic E-state index is 6.31. The van der Waals surface area contributed by atoms with Crippen LogP contribution in [-0.4, -0.2) is 6.04 Å². The monoisotopic (exact) mass is 237 g/mol. The fourth-order valence-electron chi connectivity index (χ4n) is 2.90. The van der Waals surface area contributed by atoms with E-state index in [0.717, 1.165) is 17.4 Å². The van der Waals surface area contributed by atoms with Crippen LogP contribution in [-0.2, 0) is 6.42 Å². The molecule has 0 spiro atoms. The molecule has 0 radical (unpaired) electrons. The van der Waals surface area contributed by atoms with E-state index in [0.29, 0.717) is 5.92 Å². The molecule has 0 aromatic heterocycles. The van der Waals surface area contributed by atoms with Crippen LogP contribution in [0.5, 0.6) is 0 Å². The van der Waals surface area contributed by atoms with E-state index in [1.54, 1.807) is 0 Å². The summed E-state index contributed by atoms with van der Waals surface area (Å²) in [7, 11) is 0. The predicted molar refractivity (Wildman–Crippen MR) is 69.6 cm³/mol. The number of hydrogen-bond acceptors (Lipinski definition) is 1. The Labute approximate surface area is 103 Å². The third-order valence-corrected chi connectivity index (χ3v) is 4.07. The van der Waals surface area contributed by atoms with Crippen molar-refractivity contribution in [1.29, 1.82) is 0 Å². The molecule has 1 saturated carbocycles. The van der Waals surface area contributed by atoms with Crippen molar-refractivity contribution in [2.75, 3.05) is 0 Å². The summed E-state index contributed by atoms with van der Waals surface area (Å²) < 4.78 is 0. The highest BCUT2D eigenvalue weighted by Gasteiger charge is 2.28. The van der Waals surface area contributed by atoms with Crippen LogP contribution < -0.4 is 5.73 Å². The molecule has 2 heteroatoms. The zero-order valence-electron chi connectivity index (χ0n) is 9.83. The van der Waals surface area contributed by atoms with Gasteiger partial charge in [0.2, 0.25) is 0 Å². The molecule has 1 fully saturated rings. The van der Waals surface area contributed by atoms with Gasteiger partial charge in [-0.1, -0.05) is 43.5 Å². The standard InChI is InChI=1S/C14H20ClN/c1-10-4-2-7-13(10)14(16)9-11-5-3-6-12(15)8-11/h3,5-6,8,10,13-14H,2,4,7,9,16H2,1H3. The van der Waals surface area contributed by atoms with Crippen molar-refractivity contribution in [3.8, 4) is 0 Å². The van der Waals surface area contributed by atoms with Gasteiger partial charge in [-0.3, -0.25) is 0 Å². The van der Waals surface area contributed by atoms with E-state index in [9.17, 15) is 0 Å². The smallest absolute Gasteiger partial charge is 0.0408 e. The van der Waals surface area contributed by atoms with Crippen LogP contribution in [0.1, 0.15) is 31.7 Å². The predicted octanol–water partition coefficient (Wildman–Crippen LogP) is 3.65. The summed E-state index contributed by atoms with van der Waals surface area (Å²) in [6.45, 7) is 2.33. The van der Waals surface area contributed by atoms with Crippen LogP contribution in [0.4, 0.5) is 0 Å². The molecule has 1 aromatic rings. The van der Waals surface area contributed by atoms with Gasteiger partial charge in [-0.2, -0.15) is 0 Å². The van der Waals surface area contributed by atoms with Crippen LogP contribution in [0, 0.1) is 11.8 Å². The lowest BCUT2D eigenvalue weighted by Crippen LogP contribution is -2.33. The van der Waals surface area contributed by atoms with Gasteiger partial charge in [-0.15, -0.1) is 0 Å². The quantitative estimate of drug-likeness (QED) is 0.854. The molecule has 88 valence electrons. The molecule has 0 saturated heterocycles. The summed E-state index contributed by atoms with van der Waals surface area (Å²) in [5.41, 5.74) is 7.57. The summed E-state index contributed by atoms with van der Waals surface area (Å²) in [5, 5.41) is 0.809. The Hall–Kier alpha value is -0.530. The molecule has 1 nitrogen and oxygen atoms in total. The molecular formula is C14H20ClN. The SMILES string of the molecule is CC1CCCC1C(N)Cc1cccc(Cl)c1. The van der Waals surface area contributed by atoms with Crippen molar-refractivity contribution < 1.29 is 0 Å². The average Bonchev–Trinajstić information content (AvgIpc) is 2.64. The van der Waals surface area contributed by atoms with E-state index in [4.69, 9.17) is 17.3 Å². The minimum Gasteiger partial charge on any atom is -0.327 e. The Morgan fingerprint density at radius 3 is 2.88 bits per heavy atom. The minimum atomic E-state index is 0.288. The van der Waals surface area contributed by atoms with Gasteiger partial charge in [0.05, 0.1) is 0 Å². The molecule has 16 heavy (non-hydrogen) atoms. The van der Waals surface area contributed by atoms with Crippen LogP contribution in [0.15, 0.2) is 24.3 Å². The number of halogens is 1. The number of benzene rings is 1. The molecule has 2 rings (SSSR count). The van der Waals surface area contributed by atoms with Crippen molar-refractivity contribution in [3.63, 3.8) is 0 Å². The lowest BCUT2D eigenvalue weighted by molar-refractivity contribution is 0.343. The highest BCUT2D eigenvalue weighted by Crippen LogP contribution is 2.34. The first-order chi connectivity index (χ1) is 7.66. The molecule has 3 unspecified atom stereocenters. The second-order valence-corrected chi connectivity index (χ2v) is 5.51. The molecule has 1 aliphatic carbocycles. The number of hydrogen-bond donors (Lipinski definition) is 1. The van der Waals surface area contributed by atoms with E-state index in [1.807, 2.05) is 18.2 Å². The van der Waals surface area contributed by atoms with Gasteiger partial charge in [-0.05, 0) is 42.4 Å². The second-order valence-electron chi connectivity index (χ2n) is 5.07. The van der Waals surface area contributed by atoms with Crippen molar-refractivity contribution in [1.82, 2.24) is 0 Å². The average molecular weight is 238 g/mol. The Kier molecular flexibility index (Phi) is 3.88. The van der Waals surface area contributed by atoms with Crippen molar-refractivity contribution in [3.05, 3.63) is 34.9 Å². The fourth-order valence-corrected chi connectivity index (χ4v) is 3.11. The third kappa shape index (κ3) is 2.78. The van der Waals surface area contributed by atoms with Gasteiger partial charge in [0.25, 0.3) is 0 Å². The maximum absolute atomic E-state index is 6.31. The summed E-state index contributed by atoms with van der Waals surface area (Å²) in [4.78, 5) is 0. The molecule has 1 aromatic carbocycles. The maximum Gasteiger partial charge on any atom is 0.0408 e. The van der Waals surface area contributed by atoms with E-state index < -0.39 is 0 Å². The van der Waals surface area contributed by atoms with Gasteiger partial charge in [-0.25, -0.2) is 0 Å². The lowest BCUT2D eigenvalue weighted by Gasteiger charge is -2.23. The summed E-state index contributed by atoms with van der Waals surface area (Å²) >= 11 is 5.98. The number of rotatable bonds is 3. The van der Waals surface area contributed by atoms with Crippen LogP contribution >= 0.6 is 11.6 Å². The van der Waals surface area contributed by atoms with Gasteiger partial charge in [0.15, 0.2) is 0 Å². The highest BCUT2D eigenvalue weighted by atomic mass is 35.5. The summed E-state index contributed by atoms with van der Waals surface area (Å²) in [6, 6.07) is 8.35. The molecule has 0 heterocycles. The second kappa shape index (κ2) is 5.20. The van der Waals surface area contributed by atoms with E-state index in [1.165, 1.54) is 24.8 Å². The normalized spacial score (nSPS) is 26.9. The van der Waals surface area contributed by atoms with Crippen molar-refractivity contribution in [2.45, 2.75) is 38.6 Å². The molecular weight excluding hydrogens is 218 g/mol. The highest BCUT2D eigenvalue weighted by molar-refractivity contribution is 6.30. The van der Waals surface area contributed by atoms with Gasteiger partial charge in [0.1, 0.15) is 0 Å². The summed E-state index contributed by atoms with van der Waals surface area (Å²) in [6.07, 6.45) is 4.93. The molecule has 0 aliphatic heterocycles. The first-order valence-corrected chi connectivity index (χ1v) is 6.54. The van der Waals surface area contributed by atoms with E-state index in [2.05, 4.69) is 13.0 Å². The van der Waals surface area contributed by atoms with Crippen molar-refractivity contribution >= 4 is 11.6 Å². The Morgan fingerprint density at radius 2 is 2.25 bits per heavy atom. The van der Waals surface area contributed by atoms with Gasteiger partial charge >= 0.3 is 0 Å². The molecule has 3 atom stereocenters. The van der Waals surface area contributed by atoms with Crippen LogP contribution in [0.25, 0.3) is 0 Å².